The van der Waals surface area contributed by atoms with E-state index in [1.165, 1.54) is 31.6 Å². The molecule has 0 saturated carbocycles. The first kappa shape index (κ1) is 27.0. The van der Waals surface area contributed by atoms with E-state index in [0.29, 0.717) is 10.9 Å². The number of benzene rings is 2. The molecule has 0 bridgehead atoms. The molecular formula is C21H24F3N3O7. The molecule has 10 nitrogen and oxygen atoms in total. The Kier molecular flexibility index (Phi) is 9.35. The van der Waals surface area contributed by atoms with Gasteiger partial charge in [0.05, 0.1) is 25.8 Å². The Bertz CT molecular complexity index is 1110. The van der Waals surface area contributed by atoms with Crippen molar-refractivity contribution in [2.24, 2.45) is 0 Å². The first-order chi connectivity index (χ1) is 15.8. The van der Waals surface area contributed by atoms with Crippen LogP contribution in [0.25, 0.3) is 10.9 Å². The summed E-state index contributed by atoms with van der Waals surface area (Å²) < 4.78 is 51.1. The molecule has 0 aliphatic carbocycles. The van der Waals surface area contributed by atoms with Crippen LogP contribution in [-0.2, 0) is 0 Å². The van der Waals surface area contributed by atoms with Crippen LogP contribution in [0.3, 0.4) is 0 Å². The molecule has 0 saturated heterocycles. The van der Waals surface area contributed by atoms with E-state index in [9.17, 15) is 28.5 Å². The third kappa shape index (κ3) is 5.81. The number of rotatable bonds is 10. The van der Waals surface area contributed by atoms with Crippen LogP contribution in [0, 0.1) is 11.6 Å². The number of methoxy groups -OCH3 is 1. The number of aliphatic hydroxyl groups is 4. The monoisotopic (exact) mass is 487 g/mol. The number of hydrogen-bond donors (Lipinski definition) is 5. The summed E-state index contributed by atoms with van der Waals surface area (Å²) in [4.78, 5) is 8.22. The van der Waals surface area contributed by atoms with Gasteiger partial charge in [0.2, 0.25) is 0 Å². The Hall–Kier alpha value is -3.23. The van der Waals surface area contributed by atoms with Crippen LogP contribution in [-0.4, -0.2) is 80.7 Å². The van der Waals surface area contributed by atoms with E-state index < -0.39 is 49.3 Å². The van der Waals surface area contributed by atoms with Gasteiger partial charge in [-0.3, -0.25) is 0 Å². The van der Waals surface area contributed by atoms with Gasteiger partial charge in [0, 0.05) is 23.2 Å². The second-order valence-corrected chi connectivity index (χ2v) is 7.02. The highest BCUT2D eigenvalue weighted by molar-refractivity contribution is 5.93. The van der Waals surface area contributed by atoms with Gasteiger partial charge >= 0.3 is 0 Å². The van der Waals surface area contributed by atoms with Crippen molar-refractivity contribution in [2.75, 3.05) is 25.6 Å². The molecule has 34 heavy (non-hydrogen) atoms. The Morgan fingerprint density at radius 1 is 0.971 bits per heavy atom. The molecule has 0 radical (unpaired) electrons. The highest BCUT2D eigenvalue weighted by atomic mass is 19.2. The maximum absolute atomic E-state index is 13.5. The highest BCUT2D eigenvalue weighted by Crippen LogP contribution is 2.35. The van der Waals surface area contributed by atoms with E-state index in [0.717, 1.165) is 12.1 Å². The van der Waals surface area contributed by atoms with E-state index in [4.69, 9.17) is 14.6 Å². The highest BCUT2D eigenvalue weighted by Gasteiger charge is 2.34. The van der Waals surface area contributed by atoms with Gasteiger partial charge in [0.1, 0.15) is 24.4 Å². The van der Waals surface area contributed by atoms with Gasteiger partial charge in [-0.05, 0) is 18.2 Å². The number of fused-ring (bicyclic) bond motifs is 1. The van der Waals surface area contributed by atoms with Crippen LogP contribution in [0.15, 0.2) is 36.7 Å². The molecule has 1 heterocycles. The van der Waals surface area contributed by atoms with Gasteiger partial charge in [-0.2, -0.15) is 0 Å². The lowest BCUT2D eigenvalue weighted by Crippen LogP contribution is -2.48. The number of anilines is 2. The van der Waals surface area contributed by atoms with Crippen molar-refractivity contribution in [3.63, 3.8) is 0 Å². The minimum atomic E-state index is -2.14. The predicted molar refractivity (Wildman–Crippen MR) is 115 cm³/mol. The number of halogens is 3. The fraction of sp³-hybridized carbons (Fsp3) is 0.333. The molecule has 3 aromatic rings. The third-order valence-corrected chi connectivity index (χ3v) is 4.84. The topological polar surface area (TPSA) is 169 Å². The molecule has 4 atom stereocenters. The zero-order chi connectivity index (χ0) is 24.1. The lowest BCUT2D eigenvalue weighted by Gasteiger charge is -2.28. The number of alkyl halides is 1. The van der Waals surface area contributed by atoms with Crippen LogP contribution in [0.4, 0.5) is 24.7 Å². The molecule has 2 aromatic carbocycles. The van der Waals surface area contributed by atoms with Gasteiger partial charge < -0.3 is 40.7 Å². The summed E-state index contributed by atoms with van der Waals surface area (Å²) in [5, 5.41) is 41.6. The standard InChI is InChI=1S/C21H22F3N3O6.H2O/c1-32-16-5-11-15(6-17(16)33-18(8-29)20(31)19(30)14(24)7-28)25-9-26-21(11)27-10-2-3-12(22)13(23)4-10;/h2-6,9,14,18-20,28-31H,7-8H2,1H3,(H,25,26,27);1H2/t14-,18-,19+,20+;/m1./s1. The summed E-state index contributed by atoms with van der Waals surface area (Å²) in [6.45, 7) is -1.81. The van der Waals surface area contributed by atoms with Crippen molar-refractivity contribution in [2.45, 2.75) is 24.5 Å². The van der Waals surface area contributed by atoms with Crippen LogP contribution < -0.4 is 14.8 Å². The third-order valence-electron chi connectivity index (χ3n) is 4.84. The largest absolute Gasteiger partial charge is 0.493 e. The van der Waals surface area contributed by atoms with Crippen LogP contribution in [0.5, 0.6) is 11.5 Å². The lowest BCUT2D eigenvalue weighted by atomic mass is 10.0. The second-order valence-electron chi connectivity index (χ2n) is 7.02. The Morgan fingerprint density at radius 3 is 2.32 bits per heavy atom. The summed E-state index contributed by atoms with van der Waals surface area (Å²) in [6.07, 6.45) is -6.27. The van der Waals surface area contributed by atoms with E-state index in [-0.39, 0.29) is 28.5 Å². The Morgan fingerprint density at radius 2 is 1.71 bits per heavy atom. The normalized spacial score (nSPS) is 14.6. The zero-order valence-corrected chi connectivity index (χ0v) is 17.8. The minimum Gasteiger partial charge on any atom is -0.493 e. The fourth-order valence-electron chi connectivity index (χ4n) is 3.05. The van der Waals surface area contributed by atoms with E-state index in [2.05, 4.69) is 15.3 Å². The van der Waals surface area contributed by atoms with Crippen molar-refractivity contribution >= 4 is 22.4 Å². The van der Waals surface area contributed by atoms with E-state index in [1.54, 1.807) is 0 Å². The molecule has 0 aliphatic rings. The maximum atomic E-state index is 13.5. The number of nitrogens with one attached hydrogen (secondary N) is 1. The average Bonchev–Trinajstić information content (AvgIpc) is 2.83. The molecule has 0 amide bonds. The smallest absolute Gasteiger partial charge is 0.164 e. The van der Waals surface area contributed by atoms with Gasteiger partial charge in [0.25, 0.3) is 0 Å². The Labute approximate surface area is 191 Å². The molecule has 1 aromatic heterocycles. The van der Waals surface area contributed by atoms with Crippen molar-refractivity contribution in [3.05, 3.63) is 48.3 Å². The predicted octanol–water partition coefficient (Wildman–Crippen LogP) is 0.627. The number of ether oxygens (including phenoxy) is 2. The SMILES string of the molecule is COc1cc2c(Nc3ccc(F)c(F)c3)ncnc2cc1O[C@H](CO)[C@H](O)[C@@H](O)[C@H](F)CO.O. The summed E-state index contributed by atoms with van der Waals surface area (Å²) in [5.74, 6) is -1.68. The van der Waals surface area contributed by atoms with Crippen LogP contribution in [0.1, 0.15) is 0 Å². The summed E-state index contributed by atoms with van der Waals surface area (Å²) in [6, 6.07) is 6.11. The molecule has 3 rings (SSSR count). The zero-order valence-electron chi connectivity index (χ0n) is 17.8. The quantitative estimate of drug-likeness (QED) is 0.275. The van der Waals surface area contributed by atoms with Gasteiger partial charge in [-0.1, -0.05) is 0 Å². The maximum Gasteiger partial charge on any atom is 0.164 e. The number of hydrogen-bond acceptors (Lipinski definition) is 9. The first-order valence-corrected chi connectivity index (χ1v) is 9.72. The van der Waals surface area contributed by atoms with Gasteiger partial charge in [0.15, 0.2) is 35.4 Å². The van der Waals surface area contributed by atoms with E-state index in [1.807, 2.05) is 0 Å². The number of aromatic nitrogens is 2. The number of nitrogens with zero attached hydrogens (tertiary/aromatic N) is 2. The first-order valence-electron chi connectivity index (χ1n) is 9.72. The van der Waals surface area contributed by atoms with Crippen LogP contribution in [0.2, 0.25) is 0 Å². The average molecular weight is 487 g/mol. The second kappa shape index (κ2) is 11.8. The summed E-state index contributed by atoms with van der Waals surface area (Å²) in [7, 11) is 1.32. The van der Waals surface area contributed by atoms with Gasteiger partial charge in [-0.25, -0.2) is 23.1 Å². The van der Waals surface area contributed by atoms with Crippen molar-refractivity contribution in [1.82, 2.24) is 9.97 Å². The van der Waals surface area contributed by atoms with Gasteiger partial charge in [-0.15, -0.1) is 0 Å². The van der Waals surface area contributed by atoms with Crippen molar-refractivity contribution in [1.29, 1.82) is 0 Å². The lowest BCUT2D eigenvalue weighted by molar-refractivity contribution is -0.0981. The van der Waals surface area contributed by atoms with Crippen molar-refractivity contribution < 1.29 is 48.5 Å². The van der Waals surface area contributed by atoms with E-state index >= 15 is 0 Å². The minimum absolute atomic E-state index is 0. The summed E-state index contributed by atoms with van der Waals surface area (Å²) in [5.41, 5.74) is 0.548. The molecule has 7 N–H and O–H groups in total. The molecule has 186 valence electrons. The molecule has 13 heteroatoms. The van der Waals surface area contributed by atoms with Crippen molar-refractivity contribution in [3.8, 4) is 11.5 Å². The molecular weight excluding hydrogens is 463 g/mol. The molecule has 0 spiro atoms. The van der Waals surface area contributed by atoms with Crippen LogP contribution >= 0.6 is 0 Å². The molecule has 0 unspecified atom stereocenters. The fourth-order valence-corrected chi connectivity index (χ4v) is 3.05. The molecule has 0 aliphatic heterocycles. The summed E-state index contributed by atoms with van der Waals surface area (Å²) >= 11 is 0. The molecule has 0 fully saturated rings. The Balaban J connectivity index is 0.00000408. The number of aliphatic hydroxyl groups excluding tert-OH is 4.